The number of fused-ring (bicyclic) bond motifs is 3. The summed E-state index contributed by atoms with van der Waals surface area (Å²) in [4.78, 5) is 14.6. The summed E-state index contributed by atoms with van der Waals surface area (Å²) in [5.41, 5.74) is 9.18. The van der Waals surface area contributed by atoms with Crippen LogP contribution < -0.4 is 11.1 Å². The highest BCUT2D eigenvalue weighted by molar-refractivity contribution is 5.85. The molecule has 0 radical (unpaired) electrons. The molecule has 1 heterocycles. The number of hydrogen-bond donors (Lipinski definition) is 3. The Labute approximate surface area is 118 Å². The van der Waals surface area contributed by atoms with Crippen LogP contribution in [0.3, 0.4) is 0 Å². The van der Waals surface area contributed by atoms with Gasteiger partial charge in [0.15, 0.2) is 0 Å². The van der Waals surface area contributed by atoms with Crippen molar-refractivity contribution in [2.24, 2.45) is 5.73 Å². The highest BCUT2D eigenvalue weighted by atomic mass is 16.1. The molecule has 1 aliphatic carbocycles. The van der Waals surface area contributed by atoms with Gasteiger partial charge in [0.1, 0.15) is 0 Å². The van der Waals surface area contributed by atoms with E-state index in [0.29, 0.717) is 12.5 Å². The molecule has 1 aliphatic rings. The molecule has 2 unspecified atom stereocenters. The van der Waals surface area contributed by atoms with Gasteiger partial charge in [-0.1, -0.05) is 18.2 Å². The highest BCUT2D eigenvalue weighted by Gasteiger charge is 2.25. The van der Waals surface area contributed by atoms with Crippen molar-refractivity contribution in [3.8, 4) is 0 Å². The first kappa shape index (κ1) is 13.2. The molecule has 2 aromatic rings. The lowest BCUT2D eigenvalue weighted by molar-refractivity contribution is -0.118. The van der Waals surface area contributed by atoms with Crippen LogP contribution in [-0.4, -0.2) is 16.9 Å². The maximum atomic E-state index is 11.0. The normalized spacial score (nSPS) is 19.8. The Morgan fingerprint density at radius 2 is 2.30 bits per heavy atom. The molecule has 1 amide bonds. The monoisotopic (exact) mass is 271 g/mol. The van der Waals surface area contributed by atoms with Gasteiger partial charge < -0.3 is 16.0 Å². The fourth-order valence-corrected chi connectivity index (χ4v) is 3.29. The fraction of sp³-hybridized carbons (Fsp3) is 0.438. The topological polar surface area (TPSA) is 70.9 Å². The first-order valence-corrected chi connectivity index (χ1v) is 7.29. The lowest BCUT2D eigenvalue weighted by atomic mass is 9.91. The predicted molar refractivity (Wildman–Crippen MR) is 80.4 cm³/mol. The Bertz CT molecular complexity index is 632. The number of nitrogens with two attached hydrogens (primary N) is 1. The summed E-state index contributed by atoms with van der Waals surface area (Å²) in [6, 6.07) is 8.85. The molecule has 1 aromatic heterocycles. The van der Waals surface area contributed by atoms with Gasteiger partial charge in [0, 0.05) is 35.1 Å². The molecule has 0 aliphatic heterocycles. The maximum Gasteiger partial charge on any atom is 0.218 e. The Balaban J connectivity index is 1.88. The van der Waals surface area contributed by atoms with Crippen molar-refractivity contribution in [1.29, 1.82) is 0 Å². The third kappa shape index (κ3) is 2.43. The molecular formula is C16H21N3O. The SMILES string of the molecule is CC(CC(N)=O)NC1CCCc2c1[nH]c1ccccc21. The number of carbonyl (C=O) groups excluding carboxylic acids is 1. The molecule has 4 heteroatoms. The molecule has 106 valence electrons. The van der Waals surface area contributed by atoms with E-state index in [1.165, 1.54) is 28.6 Å². The largest absolute Gasteiger partial charge is 0.370 e. The van der Waals surface area contributed by atoms with Crippen molar-refractivity contribution in [1.82, 2.24) is 10.3 Å². The zero-order valence-electron chi connectivity index (χ0n) is 11.8. The van der Waals surface area contributed by atoms with Crippen molar-refractivity contribution >= 4 is 16.8 Å². The number of carbonyl (C=O) groups is 1. The summed E-state index contributed by atoms with van der Waals surface area (Å²) < 4.78 is 0. The second kappa shape index (κ2) is 5.29. The molecule has 20 heavy (non-hydrogen) atoms. The van der Waals surface area contributed by atoms with Crippen molar-refractivity contribution < 1.29 is 4.79 Å². The van der Waals surface area contributed by atoms with Crippen molar-refractivity contribution in [3.63, 3.8) is 0 Å². The smallest absolute Gasteiger partial charge is 0.218 e. The Hall–Kier alpha value is -1.81. The van der Waals surface area contributed by atoms with E-state index < -0.39 is 0 Å². The summed E-state index contributed by atoms with van der Waals surface area (Å²) in [7, 11) is 0. The second-order valence-corrected chi connectivity index (χ2v) is 5.75. The van der Waals surface area contributed by atoms with Gasteiger partial charge in [0.25, 0.3) is 0 Å². The number of primary amides is 1. The van der Waals surface area contributed by atoms with Gasteiger partial charge in [-0.25, -0.2) is 0 Å². The minimum Gasteiger partial charge on any atom is -0.370 e. The van der Waals surface area contributed by atoms with E-state index in [-0.39, 0.29) is 11.9 Å². The number of aromatic nitrogens is 1. The number of para-hydroxylation sites is 1. The number of hydrogen-bond acceptors (Lipinski definition) is 2. The average Bonchev–Trinajstić information content (AvgIpc) is 2.78. The van der Waals surface area contributed by atoms with Crippen LogP contribution in [0.5, 0.6) is 0 Å². The van der Waals surface area contributed by atoms with Gasteiger partial charge in [-0.05, 0) is 37.8 Å². The van der Waals surface area contributed by atoms with E-state index in [1.807, 2.05) is 6.92 Å². The van der Waals surface area contributed by atoms with E-state index in [0.717, 1.165) is 12.8 Å². The quantitative estimate of drug-likeness (QED) is 0.799. The van der Waals surface area contributed by atoms with Crippen LogP contribution in [0.15, 0.2) is 24.3 Å². The second-order valence-electron chi connectivity index (χ2n) is 5.75. The van der Waals surface area contributed by atoms with Crippen LogP contribution in [0.4, 0.5) is 0 Å². The molecule has 4 nitrogen and oxygen atoms in total. The third-order valence-corrected chi connectivity index (χ3v) is 4.11. The van der Waals surface area contributed by atoms with Crippen molar-refractivity contribution in [2.45, 2.75) is 44.7 Å². The Morgan fingerprint density at radius 3 is 3.10 bits per heavy atom. The zero-order chi connectivity index (χ0) is 14.1. The van der Waals surface area contributed by atoms with Crippen LogP contribution in [0.25, 0.3) is 10.9 Å². The summed E-state index contributed by atoms with van der Waals surface area (Å²) in [6.45, 7) is 2.02. The van der Waals surface area contributed by atoms with Gasteiger partial charge in [0.05, 0.1) is 0 Å². The number of aromatic amines is 1. The number of amides is 1. The van der Waals surface area contributed by atoms with Gasteiger partial charge in [-0.3, -0.25) is 4.79 Å². The Morgan fingerprint density at radius 1 is 1.50 bits per heavy atom. The zero-order valence-corrected chi connectivity index (χ0v) is 11.8. The minimum absolute atomic E-state index is 0.106. The predicted octanol–water partition coefficient (Wildman–Crippen LogP) is 2.40. The first-order valence-electron chi connectivity index (χ1n) is 7.29. The molecule has 0 bridgehead atoms. The standard InChI is InChI=1S/C16H21N3O/c1-10(9-15(17)20)18-14-8-4-6-12-11-5-2-3-7-13(11)19-16(12)14/h2-3,5,7,10,14,18-19H,4,6,8-9H2,1H3,(H2,17,20). The lowest BCUT2D eigenvalue weighted by Crippen LogP contribution is -2.35. The molecular weight excluding hydrogens is 250 g/mol. The van der Waals surface area contributed by atoms with E-state index in [2.05, 4.69) is 34.6 Å². The molecule has 4 N–H and O–H groups in total. The lowest BCUT2D eigenvalue weighted by Gasteiger charge is -2.26. The Kier molecular flexibility index (Phi) is 3.49. The summed E-state index contributed by atoms with van der Waals surface area (Å²) in [6.07, 6.45) is 3.78. The van der Waals surface area contributed by atoms with Crippen LogP contribution in [-0.2, 0) is 11.2 Å². The van der Waals surface area contributed by atoms with Crippen LogP contribution in [0.1, 0.15) is 43.5 Å². The molecule has 0 saturated carbocycles. The van der Waals surface area contributed by atoms with Gasteiger partial charge >= 0.3 is 0 Å². The molecule has 0 spiro atoms. The molecule has 0 fully saturated rings. The summed E-state index contributed by atoms with van der Waals surface area (Å²) >= 11 is 0. The number of nitrogens with one attached hydrogen (secondary N) is 2. The minimum atomic E-state index is -0.252. The molecule has 0 saturated heterocycles. The number of benzene rings is 1. The first-order chi connectivity index (χ1) is 9.65. The third-order valence-electron chi connectivity index (χ3n) is 4.11. The molecule has 2 atom stereocenters. The number of aryl methyl sites for hydroxylation is 1. The highest BCUT2D eigenvalue weighted by Crippen LogP contribution is 2.34. The summed E-state index contributed by atoms with van der Waals surface area (Å²) in [5, 5.41) is 4.87. The number of H-pyrrole nitrogens is 1. The van der Waals surface area contributed by atoms with Crippen LogP contribution in [0.2, 0.25) is 0 Å². The van der Waals surface area contributed by atoms with Gasteiger partial charge in [-0.15, -0.1) is 0 Å². The van der Waals surface area contributed by atoms with E-state index >= 15 is 0 Å². The van der Waals surface area contributed by atoms with Gasteiger partial charge in [-0.2, -0.15) is 0 Å². The fourth-order valence-electron chi connectivity index (χ4n) is 3.29. The van der Waals surface area contributed by atoms with Crippen LogP contribution >= 0.6 is 0 Å². The average molecular weight is 271 g/mol. The van der Waals surface area contributed by atoms with Gasteiger partial charge in [0.2, 0.25) is 5.91 Å². The van der Waals surface area contributed by atoms with Crippen molar-refractivity contribution in [2.75, 3.05) is 0 Å². The van der Waals surface area contributed by atoms with Crippen molar-refractivity contribution in [3.05, 3.63) is 35.5 Å². The molecule has 3 rings (SSSR count). The molecule has 1 aromatic carbocycles. The van der Waals surface area contributed by atoms with E-state index in [9.17, 15) is 4.79 Å². The number of rotatable bonds is 4. The summed E-state index contributed by atoms with van der Waals surface area (Å²) in [5.74, 6) is -0.252. The van der Waals surface area contributed by atoms with E-state index in [1.54, 1.807) is 0 Å². The van der Waals surface area contributed by atoms with Crippen LogP contribution in [0, 0.1) is 0 Å². The maximum absolute atomic E-state index is 11.0. The van der Waals surface area contributed by atoms with E-state index in [4.69, 9.17) is 5.73 Å².